The number of carbonyl (C=O) groups is 1. The van der Waals surface area contributed by atoms with Crippen molar-refractivity contribution in [1.82, 2.24) is 15.6 Å². The summed E-state index contributed by atoms with van der Waals surface area (Å²) in [6.07, 6.45) is 6.53. The number of nitrogens with one attached hydrogen (secondary N) is 2. The summed E-state index contributed by atoms with van der Waals surface area (Å²) in [4.78, 5) is 16.1. The first-order chi connectivity index (χ1) is 8.29. The minimum absolute atomic E-state index is 0.0103. The molecule has 1 aromatic heterocycles. The zero-order valence-electron chi connectivity index (χ0n) is 9.78. The Balaban J connectivity index is 1.82. The summed E-state index contributed by atoms with van der Waals surface area (Å²) in [5, 5.41) is 6.56. The van der Waals surface area contributed by atoms with Gasteiger partial charge in [0.25, 0.3) is 0 Å². The molecule has 1 amide bonds. The molecular formula is C13H17N3O. The molecule has 90 valence electrons. The number of carbonyl (C=O) groups excluding carboxylic acids is 1. The fraction of sp³-hybridized carbons (Fsp3) is 0.538. The third-order valence-electron chi connectivity index (χ3n) is 3.97. The Labute approximate surface area is 101 Å². The lowest BCUT2D eigenvalue weighted by Gasteiger charge is -2.33. The van der Waals surface area contributed by atoms with Crippen molar-refractivity contribution in [2.24, 2.45) is 0 Å². The van der Waals surface area contributed by atoms with Gasteiger partial charge in [0, 0.05) is 17.9 Å². The maximum Gasteiger partial charge on any atom is 0.228 e. The molecule has 4 heteroatoms. The van der Waals surface area contributed by atoms with E-state index >= 15 is 0 Å². The number of hydrogen-bond donors (Lipinski definition) is 2. The Kier molecular flexibility index (Phi) is 2.59. The van der Waals surface area contributed by atoms with E-state index < -0.39 is 0 Å². The molecule has 1 unspecified atom stereocenters. The van der Waals surface area contributed by atoms with E-state index in [9.17, 15) is 4.79 Å². The molecule has 0 bridgehead atoms. The van der Waals surface area contributed by atoms with E-state index in [0.717, 1.165) is 37.9 Å². The van der Waals surface area contributed by atoms with E-state index in [1.54, 1.807) is 12.4 Å². The highest BCUT2D eigenvalue weighted by molar-refractivity contribution is 5.87. The Morgan fingerprint density at radius 3 is 2.65 bits per heavy atom. The highest BCUT2D eigenvalue weighted by Gasteiger charge is 2.44. The van der Waals surface area contributed by atoms with Gasteiger partial charge in [-0.15, -0.1) is 0 Å². The lowest BCUT2D eigenvalue weighted by Crippen LogP contribution is -2.49. The van der Waals surface area contributed by atoms with Crippen molar-refractivity contribution >= 4 is 5.91 Å². The number of piperidine rings is 1. The number of aromatic nitrogens is 1. The van der Waals surface area contributed by atoms with Crippen molar-refractivity contribution in [3.8, 4) is 0 Å². The standard InChI is InChI=1S/C13H17N3O/c17-12-11(10-1-5-14-6-2-10)9-13(16-12)3-7-15-8-4-13/h1-2,5-6,11,15H,3-4,7-9H2,(H,16,17). The Hall–Kier alpha value is -1.42. The molecular weight excluding hydrogens is 214 g/mol. The Morgan fingerprint density at radius 1 is 1.24 bits per heavy atom. The first-order valence-electron chi connectivity index (χ1n) is 6.22. The van der Waals surface area contributed by atoms with Crippen molar-refractivity contribution in [3.05, 3.63) is 30.1 Å². The average molecular weight is 231 g/mol. The largest absolute Gasteiger partial charge is 0.350 e. The van der Waals surface area contributed by atoms with E-state index in [1.165, 1.54) is 0 Å². The maximum atomic E-state index is 12.1. The third kappa shape index (κ3) is 1.93. The zero-order valence-corrected chi connectivity index (χ0v) is 9.78. The number of amides is 1. The van der Waals surface area contributed by atoms with Crippen LogP contribution < -0.4 is 10.6 Å². The SMILES string of the molecule is O=C1NC2(CCNCC2)CC1c1ccncc1. The highest BCUT2D eigenvalue weighted by atomic mass is 16.2. The topological polar surface area (TPSA) is 54.0 Å². The summed E-state index contributed by atoms with van der Waals surface area (Å²) in [5.74, 6) is 0.189. The van der Waals surface area contributed by atoms with Gasteiger partial charge in [0.15, 0.2) is 0 Å². The van der Waals surface area contributed by atoms with Crippen LogP contribution in [0, 0.1) is 0 Å². The summed E-state index contributed by atoms with van der Waals surface area (Å²) in [5.41, 5.74) is 1.13. The van der Waals surface area contributed by atoms with E-state index in [1.807, 2.05) is 12.1 Å². The average Bonchev–Trinajstić information content (AvgIpc) is 2.68. The van der Waals surface area contributed by atoms with Gasteiger partial charge in [0.2, 0.25) is 5.91 Å². The monoisotopic (exact) mass is 231 g/mol. The molecule has 2 aliphatic rings. The zero-order chi connectivity index (χ0) is 11.7. The molecule has 3 rings (SSSR count). The van der Waals surface area contributed by atoms with Gasteiger partial charge in [-0.2, -0.15) is 0 Å². The van der Waals surface area contributed by atoms with E-state index in [2.05, 4.69) is 15.6 Å². The van der Waals surface area contributed by atoms with Crippen LogP contribution in [0.15, 0.2) is 24.5 Å². The van der Waals surface area contributed by atoms with Crippen LogP contribution >= 0.6 is 0 Å². The third-order valence-corrected chi connectivity index (χ3v) is 3.97. The summed E-state index contributed by atoms with van der Waals surface area (Å²) in [7, 11) is 0. The van der Waals surface area contributed by atoms with Gasteiger partial charge < -0.3 is 10.6 Å². The normalized spacial score (nSPS) is 27.1. The predicted octanol–water partition coefficient (Wildman–Crippen LogP) is 0.807. The highest BCUT2D eigenvalue weighted by Crippen LogP contribution is 2.37. The maximum absolute atomic E-state index is 12.1. The van der Waals surface area contributed by atoms with Crippen LogP contribution in [-0.2, 0) is 4.79 Å². The second kappa shape index (κ2) is 4.11. The van der Waals surface area contributed by atoms with E-state index in [-0.39, 0.29) is 17.4 Å². The van der Waals surface area contributed by atoms with Crippen molar-refractivity contribution in [1.29, 1.82) is 0 Å². The number of rotatable bonds is 1. The van der Waals surface area contributed by atoms with Crippen LogP contribution in [0.1, 0.15) is 30.7 Å². The molecule has 3 heterocycles. The lowest BCUT2D eigenvalue weighted by atomic mass is 9.82. The second-order valence-corrected chi connectivity index (χ2v) is 5.06. The first-order valence-corrected chi connectivity index (χ1v) is 6.22. The molecule has 2 fully saturated rings. The number of hydrogen-bond acceptors (Lipinski definition) is 3. The molecule has 0 aromatic carbocycles. The quantitative estimate of drug-likeness (QED) is 0.752. The number of nitrogens with zero attached hydrogens (tertiary/aromatic N) is 1. The van der Waals surface area contributed by atoms with Crippen LogP contribution in [0.25, 0.3) is 0 Å². The molecule has 17 heavy (non-hydrogen) atoms. The van der Waals surface area contributed by atoms with Gasteiger partial charge in [-0.25, -0.2) is 0 Å². The summed E-state index contributed by atoms with van der Waals surface area (Å²) in [6.45, 7) is 2.01. The fourth-order valence-electron chi connectivity index (χ4n) is 2.98. The van der Waals surface area contributed by atoms with Crippen LogP contribution in [-0.4, -0.2) is 29.5 Å². The Morgan fingerprint density at radius 2 is 1.94 bits per heavy atom. The van der Waals surface area contributed by atoms with Gasteiger partial charge in [0.1, 0.15) is 0 Å². The first kappa shape index (κ1) is 10.7. The lowest BCUT2D eigenvalue weighted by molar-refractivity contribution is -0.121. The molecule has 2 saturated heterocycles. The van der Waals surface area contributed by atoms with Crippen molar-refractivity contribution in [2.45, 2.75) is 30.7 Å². The number of pyridine rings is 1. The van der Waals surface area contributed by atoms with E-state index in [4.69, 9.17) is 0 Å². The molecule has 1 atom stereocenters. The van der Waals surface area contributed by atoms with Crippen LogP contribution in [0.5, 0.6) is 0 Å². The van der Waals surface area contributed by atoms with Crippen LogP contribution in [0.2, 0.25) is 0 Å². The van der Waals surface area contributed by atoms with Gasteiger partial charge >= 0.3 is 0 Å². The minimum atomic E-state index is 0.0103. The molecule has 4 nitrogen and oxygen atoms in total. The molecule has 0 radical (unpaired) electrons. The van der Waals surface area contributed by atoms with Crippen molar-refractivity contribution in [2.75, 3.05) is 13.1 Å². The van der Waals surface area contributed by atoms with Crippen LogP contribution in [0.3, 0.4) is 0 Å². The predicted molar refractivity (Wildman–Crippen MR) is 64.6 cm³/mol. The molecule has 2 N–H and O–H groups in total. The van der Waals surface area contributed by atoms with E-state index in [0.29, 0.717) is 0 Å². The molecule has 0 saturated carbocycles. The summed E-state index contributed by atoms with van der Waals surface area (Å²) < 4.78 is 0. The molecule has 1 aromatic rings. The van der Waals surface area contributed by atoms with Crippen molar-refractivity contribution in [3.63, 3.8) is 0 Å². The van der Waals surface area contributed by atoms with Gasteiger partial charge in [-0.05, 0) is 50.0 Å². The van der Waals surface area contributed by atoms with Crippen LogP contribution in [0.4, 0.5) is 0 Å². The molecule has 2 aliphatic heterocycles. The van der Waals surface area contributed by atoms with Crippen molar-refractivity contribution < 1.29 is 4.79 Å². The fourth-order valence-corrected chi connectivity index (χ4v) is 2.98. The van der Waals surface area contributed by atoms with Gasteiger partial charge in [0.05, 0.1) is 5.92 Å². The Bertz CT molecular complexity index is 412. The minimum Gasteiger partial charge on any atom is -0.350 e. The smallest absolute Gasteiger partial charge is 0.228 e. The molecule has 1 spiro atoms. The second-order valence-electron chi connectivity index (χ2n) is 5.06. The summed E-state index contributed by atoms with van der Waals surface area (Å²) in [6, 6.07) is 3.90. The molecule has 0 aliphatic carbocycles. The van der Waals surface area contributed by atoms with Gasteiger partial charge in [-0.1, -0.05) is 0 Å². The summed E-state index contributed by atoms with van der Waals surface area (Å²) >= 11 is 0. The van der Waals surface area contributed by atoms with Gasteiger partial charge in [-0.3, -0.25) is 9.78 Å².